The Morgan fingerprint density at radius 3 is 3.00 bits per heavy atom. The van der Waals surface area contributed by atoms with Gasteiger partial charge in [0.15, 0.2) is 6.61 Å². The summed E-state index contributed by atoms with van der Waals surface area (Å²) >= 11 is 0. The van der Waals surface area contributed by atoms with E-state index in [-0.39, 0.29) is 6.61 Å². The number of likely N-dealkylation sites (tertiary alicyclic amines) is 1. The maximum absolute atomic E-state index is 10.8. The first-order valence-electron chi connectivity index (χ1n) is 7.65. The summed E-state index contributed by atoms with van der Waals surface area (Å²) in [5.74, 6) is 0.210. The second-order valence-electron chi connectivity index (χ2n) is 6.14. The molecule has 5 nitrogen and oxygen atoms in total. The number of nitrogens with zero attached hydrogens (tertiary/aromatic N) is 1. The monoisotopic (exact) mass is 289 g/mol. The second-order valence-corrected chi connectivity index (χ2v) is 6.14. The largest absolute Gasteiger partial charge is 0.484 e. The van der Waals surface area contributed by atoms with Gasteiger partial charge in [-0.25, -0.2) is 0 Å². The smallest absolute Gasteiger partial charge is 0.255 e. The van der Waals surface area contributed by atoms with Crippen LogP contribution < -0.4 is 15.8 Å². The van der Waals surface area contributed by atoms with Gasteiger partial charge < -0.3 is 15.8 Å². The first-order chi connectivity index (χ1) is 10.1. The quantitative estimate of drug-likeness (QED) is 0.834. The SMILES string of the molecule is CC1CC(Nc2cccc(OCC(N)=O)c2)CN1C1CC1. The van der Waals surface area contributed by atoms with Crippen LogP contribution in [0.1, 0.15) is 26.2 Å². The molecule has 1 aliphatic carbocycles. The molecule has 2 unspecified atom stereocenters. The van der Waals surface area contributed by atoms with Crippen LogP contribution in [0.25, 0.3) is 0 Å². The molecule has 0 bridgehead atoms. The van der Waals surface area contributed by atoms with Crippen LogP contribution in [0.5, 0.6) is 5.75 Å². The van der Waals surface area contributed by atoms with Crippen LogP contribution in [-0.4, -0.2) is 42.1 Å². The predicted molar refractivity (Wildman–Crippen MR) is 82.3 cm³/mol. The number of amides is 1. The van der Waals surface area contributed by atoms with Crippen molar-refractivity contribution in [3.05, 3.63) is 24.3 Å². The zero-order valence-electron chi connectivity index (χ0n) is 12.4. The number of carbonyl (C=O) groups is 1. The molecule has 1 saturated heterocycles. The van der Waals surface area contributed by atoms with Gasteiger partial charge >= 0.3 is 0 Å². The van der Waals surface area contributed by atoms with Gasteiger partial charge in [-0.05, 0) is 38.3 Å². The summed E-state index contributed by atoms with van der Waals surface area (Å²) in [6.45, 7) is 3.34. The lowest BCUT2D eigenvalue weighted by Crippen LogP contribution is -2.31. The summed E-state index contributed by atoms with van der Waals surface area (Å²) < 4.78 is 5.34. The van der Waals surface area contributed by atoms with E-state index in [2.05, 4.69) is 17.1 Å². The van der Waals surface area contributed by atoms with Crippen molar-refractivity contribution in [2.24, 2.45) is 5.73 Å². The predicted octanol–water partition coefficient (Wildman–Crippen LogP) is 1.59. The fraction of sp³-hybridized carbons (Fsp3) is 0.562. The van der Waals surface area contributed by atoms with E-state index in [0.29, 0.717) is 17.8 Å². The molecule has 1 aromatic rings. The Kier molecular flexibility index (Phi) is 4.01. The minimum atomic E-state index is -0.460. The second kappa shape index (κ2) is 5.93. The highest BCUT2D eigenvalue weighted by Gasteiger charge is 2.38. The molecule has 0 spiro atoms. The molecule has 3 N–H and O–H groups in total. The van der Waals surface area contributed by atoms with Gasteiger partial charge in [0.05, 0.1) is 0 Å². The van der Waals surface area contributed by atoms with Crippen LogP contribution >= 0.6 is 0 Å². The minimum absolute atomic E-state index is 0.0840. The number of hydrogen-bond donors (Lipinski definition) is 2. The summed E-state index contributed by atoms with van der Waals surface area (Å²) in [5, 5.41) is 3.57. The maximum Gasteiger partial charge on any atom is 0.255 e. The Morgan fingerprint density at radius 2 is 2.29 bits per heavy atom. The van der Waals surface area contributed by atoms with Crippen molar-refractivity contribution in [3.63, 3.8) is 0 Å². The van der Waals surface area contributed by atoms with E-state index >= 15 is 0 Å². The maximum atomic E-state index is 10.8. The van der Waals surface area contributed by atoms with Crippen LogP contribution in [0.3, 0.4) is 0 Å². The molecular formula is C16H23N3O2. The first kappa shape index (κ1) is 14.2. The summed E-state index contributed by atoms with van der Waals surface area (Å²) in [5.41, 5.74) is 6.12. The number of nitrogens with one attached hydrogen (secondary N) is 1. The minimum Gasteiger partial charge on any atom is -0.484 e. The topological polar surface area (TPSA) is 67.6 Å². The highest BCUT2D eigenvalue weighted by Crippen LogP contribution is 2.34. The van der Waals surface area contributed by atoms with Gasteiger partial charge in [-0.1, -0.05) is 6.07 Å². The molecule has 2 atom stereocenters. The Bertz CT molecular complexity index is 516. The fourth-order valence-electron chi connectivity index (χ4n) is 3.14. The third-order valence-corrected chi connectivity index (χ3v) is 4.22. The lowest BCUT2D eigenvalue weighted by atomic mass is 10.2. The molecule has 1 saturated carbocycles. The standard InChI is InChI=1S/C16H23N3O2/c1-11-7-13(9-19(11)14-5-6-14)18-12-3-2-4-15(8-12)21-10-16(17)20/h2-4,8,11,13-14,18H,5-7,9-10H2,1H3,(H2,17,20). The normalized spacial score (nSPS) is 25.8. The zero-order chi connectivity index (χ0) is 14.8. The van der Waals surface area contributed by atoms with Gasteiger partial charge in [-0.2, -0.15) is 0 Å². The van der Waals surface area contributed by atoms with E-state index in [1.54, 1.807) is 0 Å². The third kappa shape index (κ3) is 3.67. The Hall–Kier alpha value is -1.75. The zero-order valence-corrected chi connectivity index (χ0v) is 12.4. The molecule has 2 aliphatic rings. The molecule has 2 fully saturated rings. The number of hydrogen-bond acceptors (Lipinski definition) is 4. The summed E-state index contributed by atoms with van der Waals surface area (Å²) in [6.07, 6.45) is 3.88. The van der Waals surface area contributed by atoms with Crippen molar-refractivity contribution in [2.75, 3.05) is 18.5 Å². The first-order valence-corrected chi connectivity index (χ1v) is 7.65. The number of carbonyl (C=O) groups excluding carboxylic acids is 1. The van der Waals surface area contributed by atoms with Gasteiger partial charge in [0.2, 0.25) is 0 Å². The van der Waals surface area contributed by atoms with Crippen LogP contribution in [-0.2, 0) is 4.79 Å². The molecule has 21 heavy (non-hydrogen) atoms. The Balaban J connectivity index is 1.57. The Morgan fingerprint density at radius 1 is 1.48 bits per heavy atom. The van der Waals surface area contributed by atoms with Gasteiger partial charge in [-0.3, -0.25) is 9.69 Å². The average molecular weight is 289 g/mol. The van der Waals surface area contributed by atoms with Gasteiger partial charge in [-0.15, -0.1) is 0 Å². The number of nitrogens with two attached hydrogens (primary N) is 1. The molecule has 114 valence electrons. The van der Waals surface area contributed by atoms with Gasteiger partial charge in [0, 0.05) is 36.4 Å². The van der Waals surface area contributed by atoms with E-state index in [0.717, 1.165) is 18.3 Å². The Labute approximate surface area is 125 Å². The summed E-state index contributed by atoms with van der Waals surface area (Å²) in [4.78, 5) is 13.4. The molecule has 1 aromatic carbocycles. The van der Waals surface area contributed by atoms with Crippen LogP contribution in [0.4, 0.5) is 5.69 Å². The van der Waals surface area contributed by atoms with Crippen LogP contribution in [0.2, 0.25) is 0 Å². The molecule has 3 rings (SSSR count). The molecule has 5 heteroatoms. The number of benzene rings is 1. The molecule has 0 radical (unpaired) electrons. The van der Waals surface area contributed by atoms with E-state index < -0.39 is 5.91 Å². The fourth-order valence-corrected chi connectivity index (χ4v) is 3.14. The molecule has 1 heterocycles. The van der Waals surface area contributed by atoms with Gasteiger partial charge in [0.1, 0.15) is 5.75 Å². The number of ether oxygens (including phenoxy) is 1. The summed E-state index contributed by atoms with van der Waals surface area (Å²) in [7, 11) is 0. The average Bonchev–Trinajstić information content (AvgIpc) is 3.22. The van der Waals surface area contributed by atoms with E-state index in [1.165, 1.54) is 19.3 Å². The highest BCUT2D eigenvalue weighted by molar-refractivity contribution is 5.75. The van der Waals surface area contributed by atoms with E-state index in [1.807, 2.05) is 24.3 Å². The van der Waals surface area contributed by atoms with Crippen molar-refractivity contribution in [1.82, 2.24) is 4.90 Å². The number of anilines is 1. The van der Waals surface area contributed by atoms with Crippen molar-refractivity contribution >= 4 is 11.6 Å². The van der Waals surface area contributed by atoms with Crippen molar-refractivity contribution in [2.45, 2.75) is 44.3 Å². The molecule has 0 aromatic heterocycles. The molecular weight excluding hydrogens is 266 g/mol. The van der Waals surface area contributed by atoms with E-state index in [9.17, 15) is 4.79 Å². The number of rotatable bonds is 6. The van der Waals surface area contributed by atoms with Crippen molar-refractivity contribution in [1.29, 1.82) is 0 Å². The molecule has 1 aliphatic heterocycles. The van der Waals surface area contributed by atoms with E-state index in [4.69, 9.17) is 10.5 Å². The lowest BCUT2D eigenvalue weighted by Gasteiger charge is -2.20. The number of primary amides is 1. The van der Waals surface area contributed by atoms with Crippen molar-refractivity contribution < 1.29 is 9.53 Å². The third-order valence-electron chi connectivity index (χ3n) is 4.22. The highest BCUT2D eigenvalue weighted by atomic mass is 16.5. The van der Waals surface area contributed by atoms with Gasteiger partial charge in [0.25, 0.3) is 5.91 Å². The van der Waals surface area contributed by atoms with Crippen LogP contribution in [0.15, 0.2) is 24.3 Å². The lowest BCUT2D eigenvalue weighted by molar-refractivity contribution is -0.119. The van der Waals surface area contributed by atoms with Crippen LogP contribution in [0, 0.1) is 0 Å². The van der Waals surface area contributed by atoms with Crippen molar-refractivity contribution in [3.8, 4) is 5.75 Å². The molecule has 1 amide bonds. The summed E-state index contributed by atoms with van der Waals surface area (Å²) in [6, 6.07) is 9.67.